The third-order valence-electron chi connectivity index (χ3n) is 5.79. The molecule has 0 spiro atoms. The van der Waals surface area contributed by atoms with E-state index in [0.29, 0.717) is 43.0 Å². The normalized spacial score (nSPS) is 19.2. The molecule has 0 radical (unpaired) electrons. The van der Waals surface area contributed by atoms with E-state index in [1.54, 1.807) is 9.80 Å². The van der Waals surface area contributed by atoms with E-state index >= 15 is 0 Å². The van der Waals surface area contributed by atoms with Gasteiger partial charge in [0, 0.05) is 37.7 Å². The lowest BCUT2D eigenvalue weighted by atomic mass is 10.0. The first kappa shape index (κ1) is 19.6. The van der Waals surface area contributed by atoms with Gasteiger partial charge >= 0.3 is 0 Å². The van der Waals surface area contributed by atoms with E-state index in [-0.39, 0.29) is 35.9 Å². The van der Waals surface area contributed by atoms with Gasteiger partial charge < -0.3 is 14.5 Å². The minimum Gasteiger partial charge on any atom is -0.375 e. The van der Waals surface area contributed by atoms with Crippen LogP contribution in [0.5, 0.6) is 0 Å². The van der Waals surface area contributed by atoms with Crippen LogP contribution in [0.4, 0.5) is 0 Å². The molecule has 0 saturated carbocycles. The Labute approximate surface area is 168 Å². The summed E-state index contributed by atoms with van der Waals surface area (Å²) < 4.78 is 6.45. The molecule has 4 heterocycles. The molecule has 1 fully saturated rings. The van der Waals surface area contributed by atoms with Crippen molar-refractivity contribution in [2.45, 2.75) is 45.7 Å². The number of ether oxygens (including phenoxy) is 1. The van der Waals surface area contributed by atoms with Gasteiger partial charge in [-0.1, -0.05) is 13.8 Å². The Bertz CT molecular complexity index is 1010. The molecule has 2 aromatic rings. The first-order valence-electron chi connectivity index (χ1n) is 10.1. The van der Waals surface area contributed by atoms with E-state index in [1.165, 1.54) is 11.6 Å². The van der Waals surface area contributed by atoms with E-state index in [4.69, 9.17) is 4.74 Å². The van der Waals surface area contributed by atoms with Gasteiger partial charge in [-0.15, -0.1) is 0 Å². The summed E-state index contributed by atoms with van der Waals surface area (Å²) in [5, 5.41) is 3.16. The average molecular weight is 401 g/mol. The van der Waals surface area contributed by atoms with Crippen molar-refractivity contribution >= 4 is 17.5 Å². The van der Waals surface area contributed by atoms with Crippen molar-refractivity contribution in [2.75, 3.05) is 26.8 Å². The van der Waals surface area contributed by atoms with Crippen molar-refractivity contribution in [3.63, 3.8) is 0 Å². The lowest BCUT2D eigenvalue weighted by Gasteiger charge is -2.29. The summed E-state index contributed by atoms with van der Waals surface area (Å²) in [5.74, 6) is -0.0695. The summed E-state index contributed by atoms with van der Waals surface area (Å²) in [6.07, 6.45) is 2.23. The largest absolute Gasteiger partial charge is 0.375 e. The number of nitrogens with zero attached hydrogens (tertiary/aromatic N) is 4. The van der Waals surface area contributed by atoms with Gasteiger partial charge in [0.15, 0.2) is 5.65 Å². The van der Waals surface area contributed by atoms with Crippen LogP contribution in [-0.4, -0.2) is 63.0 Å². The van der Waals surface area contributed by atoms with Crippen molar-refractivity contribution in [3.05, 3.63) is 33.4 Å². The molecule has 2 aliphatic heterocycles. The molecule has 9 heteroatoms. The summed E-state index contributed by atoms with van der Waals surface area (Å²) in [5.41, 5.74) is 2.52. The highest BCUT2D eigenvalue weighted by Crippen LogP contribution is 2.31. The molecule has 2 amide bonds. The van der Waals surface area contributed by atoms with Crippen molar-refractivity contribution in [3.8, 4) is 0 Å². The molecule has 4 rings (SSSR count). The standard InChI is InChI=1S/C20H27N5O4/c1-12(2)19(27)23-8-6-13-15(10-23)21-17-9-14(22-25(17)20(13)28)16-5-4-7-24(16)18(26)11-29-3/h9,12,16,22H,4-8,10-11H2,1-3H3/t16-/m0/s1. The second kappa shape index (κ2) is 7.62. The number of aromatic nitrogens is 3. The number of H-pyrrole nitrogens is 1. The lowest BCUT2D eigenvalue weighted by molar-refractivity contribution is -0.136. The zero-order valence-electron chi connectivity index (χ0n) is 17.1. The maximum Gasteiger partial charge on any atom is 0.276 e. The van der Waals surface area contributed by atoms with Crippen LogP contribution < -0.4 is 5.56 Å². The van der Waals surface area contributed by atoms with Gasteiger partial charge in [-0.05, 0) is 19.3 Å². The van der Waals surface area contributed by atoms with E-state index in [2.05, 4.69) is 10.1 Å². The summed E-state index contributed by atoms with van der Waals surface area (Å²) in [4.78, 5) is 45.9. The zero-order valence-corrected chi connectivity index (χ0v) is 17.1. The summed E-state index contributed by atoms with van der Waals surface area (Å²) >= 11 is 0. The number of methoxy groups -OCH3 is 1. The minimum atomic E-state index is -0.124. The van der Waals surface area contributed by atoms with Gasteiger partial charge in [0.2, 0.25) is 11.8 Å². The molecule has 1 N–H and O–H groups in total. The number of carbonyl (C=O) groups is 2. The highest BCUT2D eigenvalue weighted by atomic mass is 16.5. The number of amides is 2. The Morgan fingerprint density at radius 1 is 1.34 bits per heavy atom. The van der Waals surface area contributed by atoms with Crippen molar-refractivity contribution in [1.29, 1.82) is 0 Å². The lowest BCUT2D eigenvalue weighted by Crippen LogP contribution is -2.41. The predicted octanol–water partition coefficient (Wildman–Crippen LogP) is 0.873. The minimum absolute atomic E-state index is 0.0446. The topological polar surface area (TPSA) is 100 Å². The molecule has 0 unspecified atom stereocenters. The maximum atomic E-state index is 13.0. The van der Waals surface area contributed by atoms with E-state index < -0.39 is 0 Å². The number of likely N-dealkylation sites (tertiary alicyclic amines) is 1. The summed E-state index contributed by atoms with van der Waals surface area (Å²) in [6, 6.07) is 1.73. The maximum absolute atomic E-state index is 13.0. The molecule has 9 nitrogen and oxygen atoms in total. The Balaban J connectivity index is 1.67. The SMILES string of the molecule is COCC(=O)N1CCC[C@H]1c1cc2nc3c(c(=O)n2[nH]1)CCN(C(=O)C(C)C)C3. The fraction of sp³-hybridized carbons (Fsp3) is 0.600. The molecule has 2 aliphatic rings. The quantitative estimate of drug-likeness (QED) is 0.820. The Morgan fingerprint density at radius 2 is 2.14 bits per heavy atom. The molecule has 0 bridgehead atoms. The van der Waals surface area contributed by atoms with E-state index in [9.17, 15) is 14.4 Å². The van der Waals surface area contributed by atoms with Crippen LogP contribution in [0.3, 0.4) is 0 Å². The number of hydrogen-bond acceptors (Lipinski definition) is 5. The van der Waals surface area contributed by atoms with Gasteiger partial charge in [-0.2, -0.15) is 0 Å². The summed E-state index contributed by atoms with van der Waals surface area (Å²) in [6.45, 7) is 5.36. The van der Waals surface area contributed by atoms with E-state index in [1.807, 2.05) is 19.9 Å². The van der Waals surface area contributed by atoms with Crippen LogP contribution in [0.2, 0.25) is 0 Å². The van der Waals surface area contributed by atoms with Crippen LogP contribution in [0.15, 0.2) is 10.9 Å². The number of fused-ring (bicyclic) bond motifs is 2. The average Bonchev–Trinajstić information content (AvgIpc) is 3.34. The molecule has 0 aliphatic carbocycles. The molecule has 29 heavy (non-hydrogen) atoms. The van der Waals surface area contributed by atoms with Crippen LogP contribution in [0, 0.1) is 5.92 Å². The highest BCUT2D eigenvalue weighted by Gasteiger charge is 2.32. The van der Waals surface area contributed by atoms with Crippen LogP contribution >= 0.6 is 0 Å². The molecular weight excluding hydrogens is 374 g/mol. The van der Waals surface area contributed by atoms with Crippen molar-refractivity contribution < 1.29 is 14.3 Å². The Hall–Kier alpha value is -2.68. The molecule has 156 valence electrons. The van der Waals surface area contributed by atoms with Gasteiger partial charge in [0.05, 0.1) is 24.0 Å². The van der Waals surface area contributed by atoms with Crippen molar-refractivity contribution in [2.24, 2.45) is 5.92 Å². The van der Waals surface area contributed by atoms with Gasteiger partial charge in [0.1, 0.15) is 6.61 Å². The first-order valence-corrected chi connectivity index (χ1v) is 10.1. The van der Waals surface area contributed by atoms with Crippen LogP contribution in [-0.2, 0) is 27.3 Å². The number of rotatable bonds is 4. The third kappa shape index (κ3) is 3.43. The monoisotopic (exact) mass is 401 g/mol. The second-order valence-electron chi connectivity index (χ2n) is 8.09. The third-order valence-corrected chi connectivity index (χ3v) is 5.79. The fourth-order valence-electron chi connectivity index (χ4n) is 4.33. The fourth-order valence-corrected chi connectivity index (χ4v) is 4.33. The molecule has 0 aromatic carbocycles. The van der Waals surface area contributed by atoms with E-state index in [0.717, 1.165) is 18.5 Å². The van der Waals surface area contributed by atoms with Gasteiger partial charge in [0.25, 0.3) is 5.56 Å². The number of hydrogen-bond donors (Lipinski definition) is 1. The second-order valence-corrected chi connectivity index (χ2v) is 8.09. The number of nitrogens with one attached hydrogen (secondary N) is 1. The summed E-state index contributed by atoms with van der Waals surface area (Å²) in [7, 11) is 1.51. The Kier molecular flexibility index (Phi) is 5.16. The highest BCUT2D eigenvalue weighted by molar-refractivity contribution is 5.78. The molecule has 1 atom stereocenters. The molecule has 1 saturated heterocycles. The smallest absolute Gasteiger partial charge is 0.276 e. The number of carbonyl (C=O) groups excluding carboxylic acids is 2. The zero-order chi connectivity index (χ0) is 20.7. The number of aromatic amines is 1. The van der Waals surface area contributed by atoms with Gasteiger partial charge in [-0.25, -0.2) is 9.50 Å². The van der Waals surface area contributed by atoms with Crippen LogP contribution in [0.25, 0.3) is 5.65 Å². The predicted molar refractivity (Wildman–Crippen MR) is 105 cm³/mol. The Morgan fingerprint density at radius 3 is 2.86 bits per heavy atom. The molecular formula is C20H27N5O4. The first-order chi connectivity index (χ1) is 13.9. The molecule has 2 aromatic heterocycles. The van der Waals surface area contributed by atoms with Gasteiger partial charge in [-0.3, -0.25) is 19.5 Å². The van der Waals surface area contributed by atoms with Crippen molar-refractivity contribution in [1.82, 2.24) is 24.4 Å². The van der Waals surface area contributed by atoms with Crippen LogP contribution in [0.1, 0.15) is 49.7 Å².